The van der Waals surface area contributed by atoms with Crippen LogP contribution in [-0.2, 0) is 17.9 Å². The van der Waals surface area contributed by atoms with Gasteiger partial charge in [0, 0.05) is 38.3 Å². The Morgan fingerprint density at radius 1 is 1.12 bits per heavy atom. The van der Waals surface area contributed by atoms with E-state index in [-0.39, 0.29) is 29.4 Å². The third kappa shape index (κ3) is 5.67. The van der Waals surface area contributed by atoms with Gasteiger partial charge in [-0.05, 0) is 49.2 Å². The van der Waals surface area contributed by atoms with E-state index in [1.807, 2.05) is 17.9 Å². The van der Waals surface area contributed by atoms with Crippen molar-refractivity contribution < 1.29 is 13.6 Å². The molecular weight excluding hydrogens is 561 g/mol. The number of hydrogen-bond acceptors (Lipinski definition) is 8. The summed E-state index contributed by atoms with van der Waals surface area (Å²) in [5, 5.41) is 9.95. The highest BCUT2D eigenvalue weighted by molar-refractivity contribution is 8.26. The van der Waals surface area contributed by atoms with Gasteiger partial charge < -0.3 is 14.2 Å². The summed E-state index contributed by atoms with van der Waals surface area (Å²) in [5.74, 6) is 0.764. The van der Waals surface area contributed by atoms with Gasteiger partial charge in [-0.1, -0.05) is 49.5 Å². The third-order valence-corrected chi connectivity index (χ3v) is 8.77. The van der Waals surface area contributed by atoms with Crippen LogP contribution in [0.15, 0.2) is 56.8 Å². The summed E-state index contributed by atoms with van der Waals surface area (Å²) >= 11 is 6.72. The molecule has 0 bridgehead atoms. The number of thioether (sulfide) groups is 1. The maximum Gasteiger partial charge on any atom is 0.270 e. The van der Waals surface area contributed by atoms with Crippen LogP contribution in [0.4, 0.5) is 15.9 Å². The fourth-order valence-electron chi connectivity index (χ4n) is 5.20. The number of piperazine rings is 1. The second kappa shape index (κ2) is 12.3. The van der Waals surface area contributed by atoms with Gasteiger partial charge in [-0.2, -0.15) is 5.26 Å². The van der Waals surface area contributed by atoms with Gasteiger partial charge >= 0.3 is 0 Å². The number of carbonyl (C=O) groups excluding carboxylic acids is 1. The van der Waals surface area contributed by atoms with Gasteiger partial charge in [0.2, 0.25) is 0 Å². The number of aromatic nitrogens is 1. The van der Waals surface area contributed by atoms with E-state index >= 15 is 0 Å². The van der Waals surface area contributed by atoms with E-state index in [1.54, 1.807) is 48.1 Å². The van der Waals surface area contributed by atoms with Crippen LogP contribution in [0.5, 0.6) is 0 Å². The van der Waals surface area contributed by atoms with Gasteiger partial charge in [0.05, 0.1) is 23.4 Å². The molecule has 0 radical (unpaired) electrons. The number of halogens is 1. The van der Waals surface area contributed by atoms with Gasteiger partial charge in [0.25, 0.3) is 11.5 Å². The molecule has 0 spiro atoms. The topological polar surface area (TPSA) is 85.7 Å². The highest BCUT2D eigenvalue weighted by Gasteiger charge is 2.34. The molecule has 2 aliphatic rings. The lowest BCUT2D eigenvalue weighted by Gasteiger charge is -2.39. The first-order valence-corrected chi connectivity index (χ1v) is 14.8. The number of para-hydroxylation sites is 1. The quantitative estimate of drug-likeness (QED) is 0.258. The minimum absolute atomic E-state index is 0.0622. The number of furan rings is 1. The number of carbonyl (C=O) groups is 1. The largest absolute Gasteiger partial charge is 0.467 e. The van der Waals surface area contributed by atoms with Gasteiger partial charge in [0.15, 0.2) is 0 Å². The molecule has 1 aromatic carbocycles. The first-order valence-electron chi connectivity index (χ1n) is 13.5. The molecular formula is C30H30FN5O3S2. The van der Waals surface area contributed by atoms with Crippen molar-refractivity contribution in [1.82, 2.24) is 9.47 Å². The number of hydrogen-bond donors (Lipinski definition) is 0. The van der Waals surface area contributed by atoms with E-state index < -0.39 is 0 Å². The fraction of sp³-hybridized carbons (Fsp3) is 0.333. The zero-order valence-electron chi connectivity index (χ0n) is 22.9. The number of benzene rings is 1. The standard InChI is InChI=1S/C30H30FN5O3S2/c1-3-4-11-35-27(34-14-12-33(13-15-34)25-10-6-5-9-24(25)31)22(20(2)23(18-32)28(35)37)17-26-29(38)36(30(40)41-26)19-21-8-7-16-39-21/h5-10,16-17H,3-4,11-15,19H2,1-2H3. The second-order valence-electron chi connectivity index (χ2n) is 9.93. The molecule has 11 heteroatoms. The summed E-state index contributed by atoms with van der Waals surface area (Å²) in [7, 11) is 0. The Balaban J connectivity index is 1.56. The Morgan fingerprint density at radius 3 is 2.51 bits per heavy atom. The molecule has 4 heterocycles. The van der Waals surface area contributed by atoms with Crippen molar-refractivity contribution >= 4 is 51.8 Å². The molecule has 41 heavy (non-hydrogen) atoms. The smallest absolute Gasteiger partial charge is 0.270 e. The molecule has 5 rings (SSSR count). The Hall–Kier alpha value is -3.88. The molecule has 3 aromatic rings. The van der Waals surface area contributed by atoms with Crippen molar-refractivity contribution in [3.05, 3.63) is 86.2 Å². The van der Waals surface area contributed by atoms with Crippen LogP contribution < -0.4 is 15.4 Å². The number of amides is 1. The lowest BCUT2D eigenvalue weighted by atomic mass is 10.0. The van der Waals surface area contributed by atoms with Crippen molar-refractivity contribution in [2.45, 2.75) is 39.8 Å². The van der Waals surface area contributed by atoms with Crippen LogP contribution in [0.25, 0.3) is 6.08 Å². The maximum absolute atomic E-state index is 14.5. The third-order valence-electron chi connectivity index (χ3n) is 7.40. The van der Waals surface area contributed by atoms with Crippen LogP contribution in [0.3, 0.4) is 0 Å². The van der Waals surface area contributed by atoms with Gasteiger partial charge in [0.1, 0.15) is 33.3 Å². The van der Waals surface area contributed by atoms with Crippen molar-refractivity contribution in [3.8, 4) is 6.07 Å². The molecule has 0 saturated carbocycles. The van der Waals surface area contributed by atoms with E-state index in [0.717, 1.165) is 12.8 Å². The van der Waals surface area contributed by atoms with E-state index in [0.29, 0.717) is 70.3 Å². The molecule has 2 aliphatic heterocycles. The summed E-state index contributed by atoms with van der Waals surface area (Å²) in [5.41, 5.74) is 1.44. The van der Waals surface area contributed by atoms with Gasteiger partial charge in [-0.3, -0.25) is 19.1 Å². The zero-order chi connectivity index (χ0) is 29.1. The predicted molar refractivity (Wildman–Crippen MR) is 163 cm³/mol. The SMILES string of the molecule is CCCCn1c(N2CCN(c3ccccc3F)CC2)c(C=C2SC(=S)N(Cc3ccco3)C2=O)c(C)c(C#N)c1=O. The van der Waals surface area contributed by atoms with Crippen LogP contribution in [0, 0.1) is 24.1 Å². The normalized spacial score (nSPS) is 16.6. The second-order valence-corrected chi connectivity index (χ2v) is 11.6. The molecule has 0 N–H and O–H groups in total. The monoisotopic (exact) mass is 591 g/mol. The van der Waals surface area contributed by atoms with Crippen LogP contribution in [0.2, 0.25) is 0 Å². The van der Waals surface area contributed by atoms with Crippen LogP contribution in [0.1, 0.15) is 42.2 Å². The Kier molecular flexibility index (Phi) is 8.61. The maximum atomic E-state index is 14.5. The molecule has 1 amide bonds. The molecule has 2 saturated heterocycles. The van der Waals surface area contributed by atoms with Crippen molar-refractivity contribution in [3.63, 3.8) is 0 Å². The molecule has 8 nitrogen and oxygen atoms in total. The lowest BCUT2D eigenvalue weighted by Crippen LogP contribution is -2.49. The first kappa shape index (κ1) is 28.6. The van der Waals surface area contributed by atoms with E-state index in [9.17, 15) is 19.2 Å². The first-order chi connectivity index (χ1) is 19.8. The number of unbranched alkanes of at least 4 members (excludes halogenated alkanes) is 1. The number of nitrogens with zero attached hydrogens (tertiary/aromatic N) is 5. The number of rotatable bonds is 8. The lowest BCUT2D eigenvalue weighted by molar-refractivity contribution is -0.122. The summed E-state index contributed by atoms with van der Waals surface area (Å²) in [6.45, 7) is 6.61. The number of pyridine rings is 1. The molecule has 2 fully saturated rings. The molecule has 0 atom stereocenters. The fourth-order valence-corrected chi connectivity index (χ4v) is 6.44. The number of nitriles is 1. The van der Waals surface area contributed by atoms with Gasteiger partial charge in [-0.15, -0.1) is 0 Å². The Bertz CT molecular complexity index is 1600. The predicted octanol–water partition coefficient (Wildman–Crippen LogP) is 5.29. The average Bonchev–Trinajstić information content (AvgIpc) is 3.58. The van der Waals surface area contributed by atoms with Crippen molar-refractivity contribution in [2.75, 3.05) is 36.0 Å². The van der Waals surface area contributed by atoms with Gasteiger partial charge in [-0.25, -0.2) is 4.39 Å². The molecule has 0 unspecified atom stereocenters. The van der Waals surface area contributed by atoms with E-state index in [2.05, 4.69) is 11.0 Å². The molecule has 0 aliphatic carbocycles. The van der Waals surface area contributed by atoms with E-state index in [1.165, 1.54) is 22.7 Å². The summed E-state index contributed by atoms with van der Waals surface area (Å²) in [6, 6.07) is 12.3. The molecule has 2 aromatic heterocycles. The minimum Gasteiger partial charge on any atom is -0.467 e. The summed E-state index contributed by atoms with van der Waals surface area (Å²) in [4.78, 5) is 33.1. The Morgan fingerprint density at radius 2 is 1.85 bits per heavy atom. The average molecular weight is 592 g/mol. The highest BCUT2D eigenvalue weighted by Crippen LogP contribution is 2.37. The summed E-state index contributed by atoms with van der Waals surface area (Å²) in [6.07, 6.45) is 4.93. The number of thiocarbonyl (C=S) groups is 1. The van der Waals surface area contributed by atoms with E-state index in [4.69, 9.17) is 16.6 Å². The molecule has 212 valence electrons. The zero-order valence-corrected chi connectivity index (χ0v) is 24.6. The Labute approximate surface area is 247 Å². The van der Waals surface area contributed by atoms with Crippen molar-refractivity contribution in [1.29, 1.82) is 5.26 Å². The van der Waals surface area contributed by atoms with Crippen LogP contribution >= 0.6 is 24.0 Å². The van der Waals surface area contributed by atoms with Crippen LogP contribution in [-0.4, -0.2) is 45.9 Å². The summed E-state index contributed by atoms with van der Waals surface area (Å²) < 4.78 is 22.0. The number of anilines is 2. The highest BCUT2D eigenvalue weighted by atomic mass is 32.2. The minimum atomic E-state index is -0.340. The van der Waals surface area contributed by atoms with Crippen molar-refractivity contribution in [2.24, 2.45) is 0 Å².